The molecule has 1 fully saturated rings. The normalized spacial score (nSPS) is 27.2. The molecule has 3 atom stereocenters. The maximum absolute atomic E-state index is 9.75. The van der Waals surface area contributed by atoms with Crippen LogP contribution in [0, 0.1) is 4.77 Å². The van der Waals surface area contributed by atoms with Crippen LogP contribution in [0.5, 0.6) is 0 Å². The van der Waals surface area contributed by atoms with E-state index in [9.17, 15) is 5.11 Å². The standard InChI is InChI=1S/C10H13N5O3S/c11-8-7-9(14-10(19)13-8)15(3-12-7)6-1-4(17)5(2-16)18-6/h3-6,16-17H,1-2H2,(H3,11,13,14,19)/t4-,5+,6-/m1/s1. The SMILES string of the molecule is Nc1nc(=S)[nH]c2c1ncn2[C@H]1C[C@@H](O)[C@H](CO)O1. The lowest BCUT2D eigenvalue weighted by Crippen LogP contribution is -2.24. The van der Waals surface area contributed by atoms with Crippen molar-refractivity contribution < 1.29 is 14.9 Å². The van der Waals surface area contributed by atoms with Crippen LogP contribution in [0.1, 0.15) is 12.6 Å². The summed E-state index contributed by atoms with van der Waals surface area (Å²) >= 11 is 4.98. The molecule has 8 nitrogen and oxygen atoms in total. The van der Waals surface area contributed by atoms with Crippen LogP contribution < -0.4 is 5.73 Å². The zero-order chi connectivity index (χ0) is 13.6. The van der Waals surface area contributed by atoms with E-state index in [4.69, 9.17) is 27.8 Å². The summed E-state index contributed by atoms with van der Waals surface area (Å²) in [6, 6.07) is 0. The van der Waals surface area contributed by atoms with Gasteiger partial charge in [0.05, 0.1) is 19.0 Å². The molecule has 3 rings (SSSR count). The van der Waals surface area contributed by atoms with Gasteiger partial charge in [0.15, 0.2) is 10.6 Å². The number of aliphatic hydroxyl groups is 2. The first-order valence-corrected chi connectivity index (χ1v) is 6.17. The van der Waals surface area contributed by atoms with Crippen LogP contribution in [-0.4, -0.2) is 48.5 Å². The molecule has 102 valence electrons. The molecular weight excluding hydrogens is 270 g/mol. The second-order valence-electron chi connectivity index (χ2n) is 4.39. The number of hydrogen-bond acceptors (Lipinski definition) is 7. The van der Waals surface area contributed by atoms with Crippen LogP contribution in [0.2, 0.25) is 0 Å². The Morgan fingerprint density at radius 3 is 3.11 bits per heavy atom. The van der Waals surface area contributed by atoms with Crippen molar-refractivity contribution in [2.24, 2.45) is 0 Å². The average molecular weight is 283 g/mol. The molecule has 19 heavy (non-hydrogen) atoms. The lowest BCUT2D eigenvalue weighted by Gasteiger charge is -2.13. The number of fused-ring (bicyclic) bond motifs is 1. The molecule has 0 spiro atoms. The summed E-state index contributed by atoms with van der Waals surface area (Å²) < 4.78 is 7.51. The number of aromatic amines is 1. The van der Waals surface area contributed by atoms with Crippen LogP contribution in [-0.2, 0) is 4.74 Å². The van der Waals surface area contributed by atoms with Gasteiger partial charge in [-0.3, -0.25) is 4.57 Å². The zero-order valence-electron chi connectivity index (χ0n) is 9.85. The minimum absolute atomic E-state index is 0.232. The van der Waals surface area contributed by atoms with Crippen molar-refractivity contribution in [3.05, 3.63) is 11.1 Å². The molecule has 1 saturated heterocycles. The predicted octanol–water partition coefficient (Wildman–Crippen LogP) is -0.288. The van der Waals surface area contributed by atoms with E-state index in [0.717, 1.165) is 0 Å². The number of rotatable bonds is 2. The number of nitrogens with one attached hydrogen (secondary N) is 1. The molecule has 0 aliphatic carbocycles. The second-order valence-corrected chi connectivity index (χ2v) is 4.78. The Morgan fingerprint density at radius 1 is 1.63 bits per heavy atom. The van der Waals surface area contributed by atoms with Gasteiger partial charge in [0.25, 0.3) is 0 Å². The predicted molar refractivity (Wildman–Crippen MR) is 68.7 cm³/mol. The summed E-state index contributed by atoms with van der Waals surface area (Å²) in [4.78, 5) is 11.0. The molecule has 0 radical (unpaired) electrons. The highest BCUT2D eigenvalue weighted by molar-refractivity contribution is 7.71. The van der Waals surface area contributed by atoms with Gasteiger partial charge in [-0.25, -0.2) is 9.97 Å². The number of H-pyrrole nitrogens is 1. The van der Waals surface area contributed by atoms with Crippen LogP contribution in [0.15, 0.2) is 6.33 Å². The van der Waals surface area contributed by atoms with Crippen LogP contribution >= 0.6 is 12.2 Å². The third-order valence-corrected chi connectivity index (χ3v) is 3.37. The summed E-state index contributed by atoms with van der Waals surface area (Å²) in [5.74, 6) is 0.245. The van der Waals surface area contributed by atoms with E-state index in [-0.39, 0.29) is 17.2 Å². The molecule has 5 N–H and O–H groups in total. The highest BCUT2D eigenvalue weighted by Gasteiger charge is 2.35. The lowest BCUT2D eigenvalue weighted by atomic mass is 10.2. The third-order valence-electron chi connectivity index (χ3n) is 3.18. The highest BCUT2D eigenvalue weighted by atomic mass is 32.1. The fourth-order valence-electron chi connectivity index (χ4n) is 2.23. The molecule has 2 aromatic heterocycles. The Labute approximate surface area is 112 Å². The van der Waals surface area contributed by atoms with E-state index in [0.29, 0.717) is 17.6 Å². The van der Waals surface area contributed by atoms with Crippen molar-refractivity contribution in [1.82, 2.24) is 19.5 Å². The number of aromatic nitrogens is 4. The Morgan fingerprint density at radius 2 is 2.42 bits per heavy atom. The van der Waals surface area contributed by atoms with Gasteiger partial charge < -0.3 is 25.7 Å². The smallest absolute Gasteiger partial charge is 0.200 e. The van der Waals surface area contributed by atoms with Gasteiger partial charge in [-0.05, 0) is 12.2 Å². The number of anilines is 1. The van der Waals surface area contributed by atoms with Gasteiger partial charge in [0, 0.05) is 6.42 Å². The van der Waals surface area contributed by atoms with Crippen LogP contribution in [0.25, 0.3) is 11.2 Å². The first kappa shape index (κ1) is 12.5. The molecule has 0 saturated carbocycles. The van der Waals surface area contributed by atoms with Crippen molar-refractivity contribution in [2.45, 2.75) is 24.9 Å². The highest BCUT2D eigenvalue weighted by Crippen LogP contribution is 2.31. The largest absolute Gasteiger partial charge is 0.394 e. The summed E-state index contributed by atoms with van der Waals surface area (Å²) in [5.41, 5.74) is 6.84. The molecule has 1 aliphatic heterocycles. The van der Waals surface area contributed by atoms with Gasteiger partial charge in [-0.2, -0.15) is 0 Å². The number of nitrogen functional groups attached to an aromatic ring is 1. The molecular formula is C10H13N5O3S. The molecule has 0 aromatic carbocycles. The molecule has 0 unspecified atom stereocenters. The monoisotopic (exact) mass is 283 g/mol. The van der Waals surface area contributed by atoms with Crippen molar-refractivity contribution in [2.75, 3.05) is 12.3 Å². The minimum Gasteiger partial charge on any atom is -0.394 e. The summed E-state index contributed by atoms with van der Waals surface area (Å²) in [6.45, 7) is -0.232. The Balaban J connectivity index is 2.05. The fraction of sp³-hybridized carbons (Fsp3) is 0.500. The third kappa shape index (κ3) is 2.00. The molecule has 0 amide bonds. The Kier molecular flexibility index (Phi) is 2.97. The fourth-order valence-corrected chi connectivity index (χ4v) is 2.43. The van der Waals surface area contributed by atoms with E-state index in [1.807, 2.05) is 0 Å². The molecule has 0 bridgehead atoms. The van der Waals surface area contributed by atoms with Crippen molar-refractivity contribution in [3.8, 4) is 0 Å². The van der Waals surface area contributed by atoms with Crippen LogP contribution in [0.3, 0.4) is 0 Å². The quantitative estimate of drug-likeness (QED) is 0.559. The number of nitrogens with zero attached hydrogens (tertiary/aromatic N) is 3. The van der Waals surface area contributed by atoms with E-state index in [1.165, 1.54) is 0 Å². The minimum atomic E-state index is -0.713. The van der Waals surface area contributed by atoms with E-state index in [2.05, 4.69) is 15.0 Å². The van der Waals surface area contributed by atoms with Gasteiger partial charge in [-0.1, -0.05) is 0 Å². The Bertz CT molecular complexity index is 669. The summed E-state index contributed by atoms with van der Waals surface area (Å²) in [6.07, 6.45) is 0.175. The first-order chi connectivity index (χ1) is 9.10. The second kappa shape index (κ2) is 4.53. The van der Waals surface area contributed by atoms with E-state index < -0.39 is 18.4 Å². The zero-order valence-corrected chi connectivity index (χ0v) is 10.7. The average Bonchev–Trinajstić information content (AvgIpc) is 2.92. The van der Waals surface area contributed by atoms with Crippen molar-refractivity contribution in [3.63, 3.8) is 0 Å². The van der Waals surface area contributed by atoms with E-state index >= 15 is 0 Å². The van der Waals surface area contributed by atoms with Gasteiger partial charge in [0.1, 0.15) is 23.5 Å². The summed E-state index contributed by atoms with van der Waals surface area (Å²) in [5, 5.41) is 18.8. The van der Waals surface area contributed by atoms with Crippen molar-refractivity contribution in [1.29, 1.82) is 0 Å². The first-order valence-electron chi connectivity index (χ1n) is 5.77. The topological polar surface area (TPSA) is 122 Å². The molecule has 3 heterocycles. The number of imidazole rings is 1. The van der Waals surface area contributed by atoms with Gasteiger partial charge in [-0.15, -0.1) is 0 Å². The maximum Gasteiger partial charge on any atom is 0.200 e. The number of nitrogens with two attached hydrogens (primary N) is 1. The number of aliphatic hydroxyl groups excluding tert-OH is 2. The Hall–Kier alpha value is -1.55. The number of ether oxygens (including phenoxy) is 1. The van der Waals surface area contributed by atoms with E-state index in [1.54, 1.807) is 10.9 Å². The van der Waals surface area contributed by atoms with Gasteiger partial charge in [0.2, 0.25) is 0 Å². The molecule has 9 heteroatoms. The molecule has 1 aliphatic rings. The van der Waals surface area contributed by atoms with Crippen molar-refractivity contribution >= 4 is 29.2 Å². The van der Waals surface area contributed by atoms with Crippen LogP contribution in [0.4, 0.5) is 5.82 Å². The lowest BCUT2D eigenvalue weighted by molar-refractivity contribution is -0.0432. The number of hydrogen-bond donors (Lipinski definition) is 4. The van der Waals surface area contributed by atoms with Gasteiger partial charge >= 0.3 is 0 Å². The maximum atomic E-state index is 9.75. The summed E-state index contributed by atoms with van der Waals surface area (Å²) in [7, 11) is 0. The molecule has 2 aromatic rings.